The highest BCUT2D eigenvalue weighted by Crippen LogP contribution is 2.34. The van der Waals surface area contributed by atoms with Crippen LogP contribution in [0, 0.1) is 11.8 Å². The van der Waals surface area contributed by atoms with Gasteiger partial charge < -0.3 is 19.7 Å². The summed E-state index contributed by atoms with van der Waals surface area (Å²) in [5.41, 5.74) is 0. The van der Waals surface area contributed by atoms with Crippen LogP contribution in [-0.4, -0.2) is 49.6 Å². The van der Waals surface area contributed by atoms with Gasteiger partial charge in [0.05, 0.1) is 13.2 Å². The Morgan fingerprint density at radius 3 is 2.62 bits per heavy atom. The fourth-order valence-corrected chi connectivity index (χ4v) is 3.28. The summed E-state index contributed by atoms with van der Waals surface area (Å²) in [6.07, 6.45) is 4.30. The number of hydrogen-bond acceptors (Lipinski definition) is 3. The Labute approximate surface area is 128 Å². The van der Waals surface area contributed by atoms with Gasteiger partial charge in [-0.2, -0.15) is 0 Å². The second-order valence-electron chi connectivity index (χ2n) is 6.37. The van der Waals surface area contributed by atoms with Gasteiger partial charge in [0, 0.05) is 25.6 Å². The van der Waals surface area contributed by atoms with E-state index in [1.165, 1.54) is 0 Å². The van der Waals surface area contributed by atoms with Gasteiger partial charge in [-0.1, -0.05) is 26.7 Å². The van der Waals surface area contributed by atoms with Crippen molar-refractivity contribution in [1.82, 2.24) is 10.2 Å². The van der Waals surface area contributed by atoms with E-state index in [0.29, 0.717) is 19.1 Å². The van der Waals surface area contributed by atoms with Crippen LogP contribution in [0.2, 0.25) is 0 Å². The third-order valence-electron chi connectivity index (χ3n) is 5.01. The van der Waals surface area contributed by atoms with Crippen LogP contribution in [0.5, 0.6) is 0 Å². The molecule has 21 heavy (non-hydrogen) atoms. The number of rotatable bonds is 5. The molecule has 2 heterocycles. The Balaban J connectivity index is 1.84. The number of nitrogens with one attached hydrogen (secondary N) is 1. The molecule has 0 saturated carbocycles. The first-order valence-electron chi connectivity index (χ1n) is 8.39. The van der Waals surface area contributed by atoms with Crippen molar-refractivity contribution in [3.63, 3.8) is 0 Å². The van der Waals surface area contributed by atoms with E-state index in [4.69, 9.17) is 9.47 Å². The zero-order valence-electron chi connectivity index (χ0n) is 13.7. The van der Waals surface area contributed by atoms with Gasteiger partial charge in [0.2, 0.25) is 0 Å². The van der Waals surface area contributed by atoms with Crippen molar-refractivity contribution < 1.29 is 14.3 Å². The van der Waals surface area contributed by atoms with Gasteiger partial charge in [-0.3, -0.25) is 0 Å². The summed E-state index contributed by atoms with van der Waals surface area (Å²) < 4.78 is 11.5. The standard InChI is InChI=1S/C16H30N2O3/c1-4-13(5-2)11-17-15(19)18-8-6-7-14(12-18)16(3)20-9-10-21-16/h13-14H,4-12H2,1-3H3,(H,17,19). The molecule has 0 spiro atoms. The first-order chi connectivity index (χ1) is 10.1. The summed E-state index contributed by atoms with van der Waals surface area (Å²) in [5, 5.41) is 3.08. The van der Waals surface area contributed by atoms with E-state index >= 15 is 0 Å². The summed E-state index contributed by atoms with van der Waals surface area (Å²) in [6, 6.07) is 0.0631. The van der Waals surface area contributed by atoms with Gasteiger partial charge in [0.15, 0.2) is 5.79 Å². The third-order valence-corrected chi connectivity index (χ3v) is 5.01. The molecule has 0 aromatic rings. The summed E-state index contributed by atoms with van der Waals surface area (Å²) >= 11 is 0. The van der Waals surface area contributed by atoms with Crippen LogP contribution in [0.25, 0.3) is 0 Å². The number of amides is 2. The Kier molecular flexibility index (Phi) is 5.88. The molecular weight excluding hydrogens is 268 g/mol. The van der Waals surface area contributed by atoms with E-state index in [0.717, 1.165) is 45.3 Å². The largest absolute Gasteiger partial charge is 0.347 e. The maximum absolute atomic E-state index is 12.3. The molecule has 2 aliphatic heterocycles. The number of carbonyl (C=O) groups is 1. The van der Waals surface area contributed by atoms with Crippen LogP contribution in [0.4, 0.5) is 4.79 Å². The number of piperidine rings is 1. The van der Waals surface area contributed by atoms with E-state index in [-0.39, 0.29) is 11.9 Å². The van der Waals surface area contributed by atoms with Crippen molar-refractivity contribution in [1.29, 1.82) is 0 Å². The van der Waals surface area contributed by atoms with Gasteiger partial charge in [-0.05, 0) is 25.7 Å². The predicted octanol–water partition coefficient (Wildman–Crippen LogP) is 2.61. The Morgan fingerprint density at radius 2 is 2.00 bits per heavy atom. The molecule has 1 atom stereocenters. The van der Waals surface area contributed by atoms with Crippen LogP contribution >= 0.6 is 0 Å². The lowest BCUT2D eigenvalue weighted by Crippen LogP contribution is -2.51. The van der Waals surface area contributed by atoms with Crippen LogP contribution in [0.1, 0.15) is 46.5 Å². The van der Waals surface area contributed by atoms with Crippen molar-refractivity contribution >= 4 is 6.03 Å². The van der Waals surface area contributed by atoms with Crippen molar-refractivity contribution in [3.05, 3.63) is 0 Å². The monoisotopic (exact) mass is 298 g/mol. The van der Waals surface area contributed by atoms with Gasteiger partial charge in [-0.15, -0.1) is 0 Å². The normalized spacial score (nSPS) is 25.3. The molecule has 0 aromatic carbocycles. The van der Waals surface area contributed by atoms with Gasteiger partial charge in [0.1, 0.15) is 0 Å². The summed E-state index contributed by atoms with van der Waals surface area (Å²) in [4.78, 5) is 14.3. The van der Waals surface area contributed by atoms with E-state index in [1.807, 2.05) is 11.8 Å². The molecule has 2 rings (SSSR count). The van der Waals surface area contributed by atoms with Crippen LogP contribution in [0.3, 0.4) is 0 Å². The van der Waals surface area contributed by atoms with E-state index in [9.17, 15) is 4.79 Å². The number of hydrogen-bond donors (Lipinski definition) is 1. The van der Waals surface area contributed by atoms with Crippen LogP contribution in [-0.2, 0) is 9.47 Å². The number of likely N-dealkylation sites (tertiary alicyclic amines) is 1. The van der Waals surface area contributed by atoms with Crippen LogP contribution < -0.4 is 5.32 Å². The maximum atomic E-state index is 12.3. The van der Waals surface area contributed by atoms with Crippen molar-refractivity contribution in [2.45, 2.75) is 52.2 Å². The fourth-order valence-electron chi connectivity index (χ4n) is 3.28. The molecule has 5 nitrogen and oxygen atoms in total. The number of ether oxygens (including phenoxy) is 2. The summed E-state index contributed by atoms with van der Waals surface area (Å²) in [6.45, 7) is 10.0. The quantitative estimate of drug-likeness (QED) is 0.849. The molecule has 0 radical (unpaired) electrons. The van der Waals surface area contributed by atoms with Crippen molar-refractivity contribution in [2.75, 3.05) is 32.8 Å². The average Bonchev–Trinajstić information content (AvgIpc) is 2.96. The molecule has 1 N–H and O–H groups in total. The highest BCUT2D eigenvalue weighted by molar-refractivity contribution is 5.74. The van der Waals surface area contributed by atoms with Gasteiger partial charge in [-0.25, -0.2) is 4.79 Å². The minimum atomic E-state index is -0.506. The van der Waals surface area contributed by atoms with Crippen molar-refractivity contribution in [2.24, 2.45) is 11.8 Å². The molecule has 2 amide bonds. The molecule has 5 heteroatoms. The molecule has 2 saturated heterocycles. The average molecular weight is 298 g/mol. The third kappa shape index (κ3) is 4.10. The lowest BCUT2D eigenvalue weighted by atomic mass is 9.90. The minimum absolute atomic E-state index is 0.0631. The molecule has 2 fully saturated rings. The maximum Gasteiger partial charge on any atom is 0.317 e. The lowest BCUT2D eigenvalue weighted by Gasteiger charge is -2.39. The number of urea groups is 1. The number of nitrogens with zero attached hydrogens (tertiary/aromatic N) is 1. The highest BCUT2D eigenvalue weighted by atomic mass is 16.7. The first kappa shape index (κ1) is 16.6. The molecule has 122 valence electrons. The van der Waals surface area contributed by atoms with Gasteiger partial charge in [0.25, 0.3) is 0 Å². The van der Waals surface area contributed by atoms with E-state index in [2.05, 4.69) is 19.2 Å². The smallest absolute Gasteiger partial charge is 0.317 e. The SMILES string of the molecule is CCC(CC)CNC(=O)N1CCCC(C2(C)OCCO2)C1. The predicted molar refractivity (Wildman–Crippen MR) is 82.1 cm³/mol. The molecule has 1 unspecified atom stereocenters. The number of carbonyl (C=O) groups excluding carboxylic acids is 1. The highest BCUT2D eigenvalue weighted by Gasteiger charge is 2.42. The second-order valence-corrected chi connectivity index (χ2v) is 6.37. The van der Waals surface area contributed by atoms with E-state index in [1.54, 1.807) is 0 Å². The lowest BCUT2D eigenvalue weighted by molar-refractivity contribution is -0.189. The second kappa shape index (κ2) is 7.45. The Morgan fingerprint density at radius 1 is 1.33 bits per heavy atom. The fraction of sp³-hybridized carbons (Fsp3) is 0.938. The minimum Gasteiger partial charge on any atom is -0.347 e. The zero-order chi connectivity index (χ0) is 15.3. The first-order valence-corrected chi connectivity index (χ1v) is 8.39. The summed E-state index contributed by atoms with van der Waals surface area (Å²) in [7, 11) is 0. The molecule has 0 bridgehead atoms. The summed E-state index contributed by atoms with van der Waals surface area (Å²) in [5.74, 6) is 0.343. The van der Waals surface area contributed by atoms with Gasteiger partial charge >= 0.3 is 6.03 Å². The molecular formula is C16H30N2O3. The Hall–Kier alpha value is -0.810. The molecule has 0 aromatic heterocycles. The van der Waals surface area contributed by atoms with Crippen molar-refractivity contribution in [3.8, 4) is 0 Å². The van der Waals surface area contributed by atoms with Crippen LogP contribution in [0.15, 0.2) is 0 Å². The topological polar surface area (TPSA) is 50.8 Å². The molecule has 2 aliphatic rings. The Bertz CT molecular complexity index is 338. The van der Waals surface area contributed by atoms with E-state index < -0.39 is 5.79 Å². The zero-order valence-corrected chi connectivity index (χ0v) is 13.7. The molecule has 0 aliphatic carbocycles.